The molecule has 0 bridgehead atoms. The van der Waals surface area contributed by atoms with Crippen LogP contribution >= 0.6 is 15.9 Å². The number of nitrogens with one attached hydrogen (secondary N) is 1. The number of halogens is 1. The molecule has 1 aromatic carbocycles. The molecule has 0 aromatic heterocycles. The molecule has 0 radical (unpaired) electrons. The molecule has 0 aliphatic carbocycles. The summed E-state index contributed by atoms with van der Waals surface area (Å²) < 4.78 is 12.6. The number of ether oxygens (including phenoxy) is 2. The molecule has 4 heteroatoms. The first-order chi connectivity index (χ1) is 8.86. The molecule has 0 unspecified atom stereocenters. The van der Waals surface area contributed by atoms with Crippen LogP contribution in [0.4, 0.5) is 0 Å². The Morgan fingerprint density at radius 2 is 1.89 bits per heavy atom. The number of fused-ring (bicyclic) bond motifs is 1. The molecule has 18 heavy (non-hydrogen) atoms. The summed E-state index contributed by atoms with van der Waals surface area (Å²) in [5.74, 6) is 2.39. The molecule has 1 N–H and O–H groups in total. The van der Waals surface area contributed by atoms with Crippen molar-refractivity contribution >= 4 is 15.9 Å². The maximum absolute atomic E-state index is 5.82. The summed E-state index contributed by atoms with van der Waals surface area (Å²) in [6.45, 7) is 3.69. The largest absolute Gasteiger partial charge is 0.490 e. The normalized spacial score (nSPS) is 20.5. The van der Waals surface area contributed by atoms with Gasteiger partial charge in [0.1, 0.15) is 0 Å². The zero-order valence-electron chi connectivity index (χ0n) is 10.4. The smallest absolute Gasteiger partial charge is 0.175 e. The standard InChI is InChI=1S/C14H18BrNO2/c15-13-11(10-4-6-16-7-5-10)2-3-12-14(13)18-9-1-8-17-12/h2-3,10,16H,1,4-9H2. The van der Waals surface area contributed by atoms with E-state index in [9.17, 15) is 0 Å². The Morgan fingerprint density at radius 1 is 1.11 bits per heavy atom. The maximum Gasteiger partial charge on any atom is 0.175 e. The quantitative estimate of drug-likeness (QED) is 0.864. The minimum absolute atomic E-state index is 0.623. The lowest BCUT2D eigenvalue weighted by atomic mass is 9.90. The fourth-order valence-corrected chi connectivity index (χ4v) is 3.43. The fraction of sp³-hybridized carbons (Fsp3) is 0.571. The number of rotatable bonds is 1. The van der Waals surface area contributed by atoms with Gasteiger partial charge < -0.3 is 14.8 Å². The number of piperidine rings is 1. The van der Waals surface area contributed by atoms with Crippen LogP contribution in [0, 0.1) is 0 Å². The highest BCUT2D eigenvalue weighted by Gasteiger charge is 2.22. The summed E-state index contributed by atoms with van der Waals surface area (Å²) >= 11 is 3.71. The lowest BCUT2D eigenvalue weighted by molar-refractivity contribution is 0.296. The molecule has 2 aliphatic rings. The molecule has 1 fully saturated rings. The molecule has 2 aliphatic heterocycles. The predicted octanol–water partition coefficient (Wildman–Crippen LogP) is 3.08. The minimum Gasteiger partial charge on any atom is -0.490 e. The van der Waals surface area contributed by atoms with E-state index in [4.69, 9.17) is 9.47 Å². The van der Waals surface area contributed by atoms with Gasteiger partial charge in [0.15, 0.2) is 11.5 Å². The van der Waals surface area contributed by atoms with Gasteiger partial charge in [0.25, 0.3) is 0 Å². The van der Waals surface area contributed by atoms with E-state index in [2.05, 4.69) is 33.4 Å². The highest BCUT2D eigenvalue weighted by atomic mass is 79.9. The molecule has 3 nitrogen and oxygen atoms in total. The third kappa shape index (κ3) is 2.36. The first-order valence-corrected chi connectivity index (χ1v) is 7.44. The number of benzene rings is 1. The van der Waals surface area contributed by atoms with Crippen molar-refractivity contribution in [2.24, 2.45) is 0 Å². The Morgan fingerprint density at radius 3 is 2.72 bits per heavy atom. The van der Waals surface area contributed by atoms with Crippen LogP contribution in [0.15, 0.2) is 16.6 Å². The van der Waals surface area contributed by atoms with E-state index in [1.54, 1.807) is 0 Å². The molecule has 0 saturated carbocycles. The molecule has 2 heterocycles. The lowest BCUT2D eigenvalue weighted by Crippen LogP contribution is -2.26. The van der Waals surface area contributed by atoms with Crippen molar-refractivity contribution in [3.05, 3.63) is 22.2 Å². The van der Waals surface area contributed by atoms with Gasteiger partial charge in [-0.3, -0.25) is 0 Å². The average molecular weight is 312 g/mol. The highest BCUT2D eigenvalue weighted by molar-refractivity contribution is 9.10. The van der Waals surface area contributed by atoms with Gasteiger partial charge in [-0.05, 0) is 59.4 Å². The highest BCUT2D eigenvalue weighted by Crippen LogP contribution is 2.43. The van der Waals surface area contributed by atoms with Gasteiger partial charge in [-0.25, -0.2) is 0 Å². The second-order valence-corrected chi connectivity index (χ2v) is 5.66. The third-order valence-corrected chi connectivity index (χ3v) is 4.48. The van der Waals surface area contributed by atoms with E-state index < -0.39 is 0 Å². The van der Waals surface area contributed by atoms with Crippen molar-refractivity contribution < 1.29 is 9.47 Å². The molecule has 0 spiro atoms. The zero-order chi connectivity index (χ0) is 12.4. The third-order valence-electron chi connectivity index (χ3n) is 3.66. The number of hydrogen-bond donors (Lipinski definition) is 1. The maximum atomic E-state index is 5.82. The van der Waals surface area contributed by atoms with Crippen LogP contribution in [0.25, 0.3) is 0 Å². The van der Waals surface area contributed by atoms with E-state index in [-0.39, 0.29) is 0 Å². The Kier molecular flexibility index (Phi) is 3.75. The summed E-state index contributed by atoms with van der Waals surface area (Å²) in [6, 6.07) is 4.25. The van der Waals surface area contributed by atoms with Crippen molar-refractivity contribution in [1.29, 1.82) is 0 Å². The van der Waals surface area contributed by atoms with Crippen LogP contribution in [-0.4, -0.2) is 26.3 Å². The SMILES string of the molecule is Brc1c(C2CCNCC2)ccc2c1OCCCO2. The molecule has 1 saturated heterocycles. The first-order valence-electron chi connectivity index (χ1n) is 6.65. The van der Waals surface area contributed by atoms with Gasteiger partial charge in [-0.1, -0.05) is 6.07 Å². The molecule has 0 atom stereocenters. The Balaban J connectivity index is 1.93. The van der Waals surface area contributed by atoms with Crippen molar-refractivity contribution in [2.75, 3.05) is 26.3 Å². The van der Waals surface area contributed by atoms with Crippen LogP contribution in [0.2, 0.25) is 0 Å². The van der Waals surface area contributed by atoms with E-state index in [1.165, 1.54) is 18.4 Å². The molecule has 98 valence electrons. The van der Waals surface area contributed by atoms with Crippen molar-refractivity contribution in [2.45, 2.75) is 25.2 Å². The van der Waals surface area contributed by atoms with E-state index in [0.717, 1.165) is 48.7 Å². The summed E-state index contributed by atoms with van der Waals surface area (Å²) in [6.07, 6.45) is 3.33. The summed E-state index contributed by atoms with van der Waals surface area (Å²) in [4.78, 5) is 0. The van der Waals surface area contributed by atoms with Crippen LogP contribution in [0.5, 0.6) is 11.5 Å². The van der Waals surface area contributed by atoms with Gasteiger partial charge in [0.05, 0.1) is 17.7 Å². The van der Waals surface area contributed by atoms with Crippen LogP contribution < -0.4 is 14.8 Å². The predicted molar refractivity (Wildman–Crippen MR) is 74.6 cm³/mol. The Bertz CT molecular complexity index is 430. The van der Waals surface area contributed by atoms with Gasteiger partial charge in [-0.15, -0.1) is 0 Å². The van der Waals surface area contributed by atoms with Gasteiger partial charge in [0, 0.05) is 6.42 Å². The summed E-state index contributed by atoms with van der Waals surface area (Å²) in [5.41, 5.74) is 1.36. The van der Waals surface area contributed by atoms with Gasteiger partial charge in [0.2, 0.25) is 0 Å². The molecular weight excluding hydrogens is 294 g/mol. The molecule has 3 rings (SSSR count). The molecule has 1 aromatic rings. The Labute approximate surface area is 116 Å². The van der Waals surface area contributed by atoms with Crippen LogP contribution in [0.1, 0.15) is 30.7 Å². The summed E-state index contributed by atoms with van der Waals surface area (Å²) in [5, 5.41) is 3.41. The van der Waals surface area contributed by atoms with Crippen LogP contribution in [-0.2, 0) is 0 Å². The summed E-state index contributed by atoms with van der Waals surface area (Å²) in [7, 11) is 0. The lowest BCUT2D eigenvalue weighted by Gasteiger charge is -2.25. The van der Waals surface area contributed by atoms with Gasteiger partial charge >= 0.3 is 0 Å². The number of hydrogen-bond acceptors (Lipinski definition) is 3. The van der Waals surface area contributed by atoms with Crippen LogP contribution in [0.3, 0.4) is 0 Å². The monoisotopic (exact) mass is 311 g/mol. The van der Waals surface area contributed by atoms with E-state index >= 15 is 0 Å². The fourth-order valence-electron chi connectivity index (χ4n) is 2.67. The Hall–Kier alpha value is -0.740. The second-order valence-electron chi connectivity index (χ2n) is 4.87. The average Bonchev–Trinajstić information content (AvgIpc) is 2.66. The van der Waals surface area contributed by atoms with Crippen molar-refractivity contribution in [3.8, 4) is 11.5 Å². The van der Waals surface area contributed by atoms with Gasteiger partial charge in [-0.2, -0.15) is 0 Å². The zero-order valence-corrected chi connectivity index (χ0v) is 12.0. The van der Waals surface area contributed by atoms with Crippen molar-refractivity contribution in [1.82, 2.24) is 5.32 Å². The molecule has 0 amide bonds. The first kappa shape index (κ1) is 12.3. The van der Waals surface area contributed by atoms with E-state index in [1.807, 2.05) is 0 Å². The minimum atomic E-state index is 0.623. The topological polar surface area (TPSA) is 30.5 Å². The van der Waals surface area contributed by atoms with Crippen molar-refractivity contribution in [3.63, 3.8) is 0 Å². The van der Waals surface area contributed by atoms with E-state index in [0.29, 0.717) is 5.92 Å². The molecular formula is C14H18BrNO2. The second kappa shape index (κ2) is 5.49.